The van der Waals surface area contributed by atoms with Gasteiger partial charge in [0.2, 0.25) is 5.91 Å². The molecular formula is C30H40N6O3. The van der Waals surface area contributed by atoms with Gasteiger partial charge >= 0.3 is 0 Å². The Balaban J connectivity index is 1.31. The lowest BCUT2D eigenvalue weighted by atomic mass is 9.88. The quantitative estimate of drug-likeness (QED) is 0.523. The van der Waals surface area contributed by atoms with Crippen molar-refractivity contribution < 1.29 is 14.4 Å². The molecule has 0 unspecified atom stereocenters. The van der Waals surface area contributed by atoms with Crippen LogP contribution in [-0.4, -0.2) is 65.9 Å². The van der Waals surface area contributed by atoms with Crippen LogP contribution in [0.2, 0.25) is 0 Å². The lowest BCUT2D eigenvalue weighted by molar-refractivity contribution is -0.136. The molecule has 5 rings (SSSR count). The summed E-state index contributed by atoms with van der Waals surface area (Å²) >= 11 is 0. The summed E-state index contributed by atoms with van der Waals surface area (Å²) in [6, 6.07) is 9.24. The molecule has 0 spiro atoms. The van der Waals surface area contributed by atoms with E-state index < -0.39 is 0 Å². The Bertz CT molecular complexity index is 1150. The van der Waals surface area contributed by atoms with Crippen LogP contribution in [0.25, 0.3) is 0 Å². The van der Waals surface area contributed by atoms with E-state index in [1.54, 1.807) is 24.4 Å². The summed E-state index contributed by atoms with van der Waals surface area (Å²) < 4.78 is 0. The van der Waals surface area contributed by atoms with Crippen molar-refractivity contribution in [3.63, 3.8) is 0 Å². The van der Waals surface area contributed by atoms with Crippen LogP contribution in [0.4, 0.5) is 11.4 Å². The second-order valence-electron chi connectivity index (χ2n) is 11.2. The maximum absolute atomic E-state index is 13.1. The highest BCUT2D eigenvalue weighted by Crippen LogP contribution is 2.31. The van der Waals surface area contributed by atoms with Crippen molar-refractivity contribution in [3.05, 3.63) is 53.9 Å². The third-order valence-electron chi connectivity index (χ3n) is 8.42. The standard InChI is InChI=1S/C30H40N6O3/c31-24-9-11-25(12-10-24)33-28(37)22-8-13-27(26(19-22)34-29(38)23-7-4-14-32-20-23)35-15-17-36(18-16-35)30(39)21-5-2-1-3-6-21/h4,7-8,13-14,19-21,24-25H,1-3,5-6,9-12,15-18,31H2,(H,33,37)(H,34,38). The number of hydrogen-bond acceptors (Lipinski definition) is 6. The number of benzene rings is 1. The molecule has 0 bridgehead atoms. The third-order valence-corrected chi connectivity index (χ3v) is 8.42. The van der Waals surface area contributed by atoms with E-state index in [1.807, 2.05) is 17.0 Å². The van der Waals surface area contributed by atoms with Gasteiger partial charge in [-0.2, -0.15) is 0 Å². The Labute approximate surface area is 230 Å². The Kier molecular flexibility index (Phi) is 8.76. The van der Waals surface area contributed by atoms with E-state index in [9.17, 15) is 14.4 Å². The second-order valence-corrected chi connectivity index (χ2v) is 11.2. The first-order chi connectivity index (χ1) is 19.0. The normalized spacial score (nSPS) is 22.3. The maximum Gasteiger partial charge on any atom is 0.257 e. The summed E-state index contributed by atoms with van der Waals surface area (Å²) in [6.45, 7) is 2.64. The molecule has 1 aromatic carbocycles. The number of nitrogens with two attached hydrogens (primary N) is 1. The van der Waals surface area contributed by atoms with Crippen LogP contribution in [-0.2, 0) is 4.79 Å². The number of hydrogen-bond donors (Lipinski definition) is 3. The highest BCUT2D eigenvalue weighted by molar-refractivity contribution is 6.07. The first-order valence-electron chi connectivity index (χ1n) is 14.4. The van der Waals surface area contributed by atoms with E-state index in [0.29, 0.717) is 43.0 Å². The number of amides is 3. The molecule has 3 fully saturated rings. The lowest BCUT2D eigenvalue weighted by Crippen LogP contribution is -2.50. The molecule has 9 heteroatoms. The lowest BCUT2D eigenvalue weighted by Gasteiger charge is -2.39. The molecule has 1 aromatic heterocycles. The fourth-order valence-corrected chi connectivity index (χ4v) is 6.05. The fourth-order valence-electron chi connectivity index (χ4n) is 6.05. The summed E-state index contributed by atoms with van der Waals surface area (Å²) in [7, 11) is 0. The van der Waals surface area contributed by atoms with Gasteiger partial charge in [-0.3, -0.25) is 19.4 Å². The van der Waals surface area contributed by atoms with Gasteiger partial charge in [0.05, 0.1) is 16.9 Å². The maximum atomic E-state index is 13.1. The number of carbonyl (C=O) groups is 3. The summed E-state index contributed by atoms with van der Waals surface area (Å²) in [6.07, 6.45) is 12.2. The highest BCUT2D eigenvalue weighted by atomic mass is 16.2. The van der Waals surface area contributed by atoms with E-state index in [2.05, 4.69) is 20.5 Å². The average molecular weight is 533 g/mol. The fraction of sp³-hybridized carbons (Fsp3) is 0.533. The molecule has 1 aliphatic heterocycles. The van der Waals surface area contributed by atoms with Gasteiger partial charge in [-0.25, -0.2) is 0 Å². The van der Waals surface area contributed by atoms with Crippen molar-refractivity contribution in [2.75, 3.05) is 36.4 Å². The molecule has 39 heavy (non-hydrogen) atoms. The number of rotatable bonds is 6. The van der Waals surface area contributed by atoms with Crippen LogP contribution in [0.3, 0.4) is 0 Å². The van der Waals surface area contributed by atoms with Crippen molar-refractivity contribution in [2.24, 2.45) is 11.7 Å². The Morgan fingerprint density at radius 3 is 2.28 bits per heavy atom. The third kappa shape index (κ3) is 6.76. The first kappa shape index (κ1) is 27.1. The summed E-state index contributed by atoms with van der Waals surface area (Å²) in [5, 5.41) is 6.16. The van der Waals surface area contributed by atoms with Gasteiger partial charge in [0.1, 0.15) is 0 Å². The monoisotopic (exact) mass is 532 g/mol. The van der Waals surface area contributed by atoms with E-state index in [0.717, 1.165) is 57.1 Å². The van der Waals surface area contributed by atoms with Crippen molar-refractivity contribution in [2.45, 2.75) is 69.9 Å². The van der Waals surface area contributed by atoms with E-state index >= 15 is 0 Å². The molecule has 3 amide bonds. The molecular weight excluding hydrogens is 492 g/mol. The Morgan fingerprint density at radius 1 is 0.846 bits per heavy atom. The van der Waals surface area contributed by atoms with Gasteiger partial charge in [0.25, 0.3) is 11.8 Å². The molecule has 0 atom stereocenters. The van der Waals surface area contributed by atoms with Crippen LogP contribution in [0, 0.1) is 5.92 Å². The topological polar surface area (TPSA) is 121 Å². The van der Waals surface area contributed by atoms with Gasteiger partial charge in [-0.05, 0) is 68.9 Å². The largest absolute Gasteiger partial charge is 0.366 e. The Morgan fingerprint density at radius 2 is 1.59 bits per heavy atom. The number of carbonyl (C=O) groups excluding carboxylic acids is 3. The van der Waals surface area contributed by atoms with E-state index in [-0.39, 0.29) is 35.7 Å². The minimum absolute atomic E-state index is 0.111. The van der Waals surface area contributed by atoms with Crippen molar-refractivity contribution in [3.8, 4) is 0 Å². The number of piperazine rings is 1. The first-order valence-corrected chi connectivity index (χ1v) is 14.4. The number of pyridine rings is 1. The number of nitrogens with one attached hydrogen (secondary N) is 2. The summed E-state index contributed by atoms with van der Waals surface area (Å²) in [4.78, 5) is 47.5. The summed E-state index contributed by atoms with van der Waals surface area (Å²) in [5.74, 6) is 0.0172. The van der Waals surface area contributed by atoms with Crippen molar-refractivity contribution >= 4 is 29.1 Å². The zero-order chi connectivity index (χ0) is 27.2. The van der Waals surface area contributed by atoms with Gasteiger partial charge in [-0.15, -0.1) is 0 Å². The number of nitrogens with zero attached hydrogens (tertiary/aromatic N) is 3. The molecule has 9 nitrogen and oxygen atoms in total. The summed E-state index contributed by atoms with van der Waals surface area (Å²) in [5.41, 5.74) is 8.39. The molecule has 0 radical (unpaired) electrons. The number of anilines is 2. The van der Waals surface area contributed by atoms with Gasteiger partial charge in [0, 0.05) is 62.1 Å². The molecule has 4 N–H and O–H groups in total. The van der Waals surface area contributed by atoms with Crippen LogP contribution in [0.5, 0.6) is 0 Å². The SMILES string of the molecule is NC1CCC(NC(=O)c2ccc(N3CCN(C(=O)C4CCCCC4)CC3)c(NC(=O)c3cccnc3)c2)CC1. The van der Waals surface area contributed by atoms with Crippen LogP contribution in [0.1, 0.15) is 78.5 Å². The number of aromatic nitrogens is 1. The van der Waals surface area contributed by atoms with Crippen LogP contribution < -0.4 is 21.3 Å². The minimum Gasteiger partial charge on any atom is -0.366 e. The molecule has 3 aliphatic rings. The molecule has 2 aliphatic carbocycles. The van der Waals surface area contributed by atoms with Crippen LogP contribution in [0.15, 0.2) is 42.7 Å². The highest BCUT2D eigenvalue weighted by Gasteiger charge is 2.29. The average Bonchev–Trinajstić information content (AvgIpc) is 2.99. The zero-order valence-electron chi connectivity index (χ0n) is 22.6. The molecule has 2 aromatic rings. The van der Waals surface area contributed by atoms with Gasteiger partial charge < -0.3 is 26.2 Å². The zero-order valence-corrected chi connectivity index (χ0v) is 22.6. The van der Waals surface area contributed by atoms with Gasteiger partial charge in [-0.1, -0.05) is 19.3 Å². The second kappa shape index (κ2) is 12.6. The molecule has 1 saturated heterocycles. The molecule has 2 heterocycles. The van der Waals surface area contributed by atoms with E-state index in [1.165, 1.54) is 12.6 Å². The van der Waals surface area contributed by atoms with E-state index in [4.69, 9.17) is 5.73 Å². The van der Waals surface area contributed by atoms with Gasteiger partial charge in [0.15, 0.2) is 0 Å². The molecule has 208 valence electrons. The van der Waals surface area contributed by atoms with Crippen molar-refractivity contribution in [1.29, 1.82) is 0 Å². The van der Waals surface area contributed by atoms with Crippen molar-refractivity contribution in [1.82, 2.24) is 15.2 Å². The predicted octanol–water partition coefficient (Wildman–Crippen LogP) is 3.56. The smallest absolute Gasteiger partial charge is 0.257 e. The minimum atomic E-state index is -0.283. The predicted molar refractivity (Wildman–Crippen MR) is 152 cm³/mol. The van der Waals surface area contributed by atoms with Crippen LogP contribution >= 0.6 is 0 Å². The molecule has 2 saturated carbocycles. The Hall–Kier alpha value is -3.46.